The van der Waals surface area contributed by atoms with Gasteiger partial charge in [0.1, 0.15) is 17.0 Å². The minimum atomic E-state index is -0.749. The van der Waals surface area contributed by atoms with Crippen molar-refractivity contribution in [2.24, 2.45) is 10.7 Å². The fourth-order valence-electron chi connectivity index (χ4n) is 2.08. The zero-order valence-electron chi connectivity index (χ0n) is 14.3. The van der Waals surface area contributed by atoms with E-state index in [1.165, 1.54) is 4.90 Å². The van der Waals surface area contributed by atoms with Gasteiger partial charge in [0.15, 0.2) is 0 Å². The van der Waals surface area contributed by atoms with E-state index in [2.05, 4.69) is 4.99 Å². The van der Waals surface area contributed by atoms with Crippen LogP contribution in [0.4, 0.5) is 9.59 Å². The van der Waals surface area contributed by atoms with E-state index in [1.54, 1.807) is 41.5 Å². The Morgan fingerprint density at radius 3 is 2.14 bits per heavy atom. The summed E-state index contributed by atoms with van der Waals surface area (Å²) >= 11 is 0. The Labute approximate surface area is 131 Å². The summed E-state index contributed by atoms with van der Waals surface area (Å²) in [5.41, 5.74) is 4.67. The summed E-state index contributed by atoms with van der Waals surface area (Å²) < 4.78 is 10.5. The van der Waals surface area contributed by atoms with Crippen LogP contribution in [-0.2, 0) is 9.47 Å². The van der Waals surface area contributed by atoms with E-state index >= 15 is 0 Å². The molecule has 0 unspecified atom stereocenters. The number of ether oxygens (including phenoxy) is 2. The molecule has 1 aliphatic heterocycles. The summed E-state index contributed by atoms with van der Waals surface area (Å²) in [6.07, 6.45) is 0.240. The fraction of sp³-hybridized carbons (Fsp3) is 0.800. The third kappa shape index (κ3) is 5.91. The minimum Gasteiger partial charge on any atom is -0.444 e. The van der Waals surface area contributed by atoms with E-state index in [-0.39, 0.29) is 5.84 Å². The van der Waals surface area contributed by atoms with Crippen LogP contribution in [0.15, 0.2) is 4.99 Å². The average Bonchev–Trinajstić information content (AvgIpc) is 2.71. The molecule has 1 aliphatic rings. The van der Waals surface area contributed by atoms with Crippen LogP contribution >= 0.6 is 0 Å². The molecular formula is C15H27N3O4. The predicted molar refractivity (Wildman–Crippen MR) is 83.8 cm³/mol. The molecule has 7 heteroatoms. The van der Waals surface area contributed by atoms with E-state index in [0.717, 1.165) is 6.42 Å². The van der Waals surface area contributed by atoms with E-state index in [1.807, 2.05) is 0 Å². The number of amidine groups is 1. The monoisotopic (exact) mass is 313 g/mol. The number of rotatable bonds is 1. The SMILES string of the molecule is CC(C)(C)OC(=O)N=C(N)[C@@H]1CCCN1C(=O)OC(C)(C)C. The van der Waals surface area contributed by atoms with Crippen molar-refractivity contribution < 1.29 is 19.1 Å². The number of hydrogen-bond donors (Lipinski definition) is 1. The molecular weight excluding hydrogens is 286 g/mol. The third-order valence-electron chi connectivity index (χ3n) is 2.84. The van der Waals surface area contributed by atoms with E-state index in [4.69, 9.17) is 15.2 Å². The van der Waals surface area contributed by atoms with Crippen LogP contribution in [0.25, 0.3) is 0 Å². The lowest BCUT2D eigenvalue weighted by atomic mass is 10.2. The van der Waals surface area contributed by atoms with Crippen LogP contribution in [0.5, 0.6) is 0 Å². The van der Waals surface area contributed by atoms with Crippen molar-refractivity contribution in [3.8, 4) is 0 Å². The van der Waals surface area contributed by atoms with Crippen LogP contribution in [0.3, 0.4) is 0 Å². The summed E-state index contributed by atoms with van der Waals surface area (Å²) in [5, 5.41) is 0. The molecule has 1 fully saturated rings. The van der Waals surface area contributed by atoms with Crippen molar-refractivity contribution in [1.29, 1.82) is 0 Å². The first-order valence-electron chi connectivity index (χ1n) is 7.46. The van der Waals surface area contributed by atoms with Gasteiger partial charge in [0.2, 0.25) is 0 Å². The molecule has 22 heavy (non-hydrogen) atoms. The van der Waals surface area contributed by atoms with Crippen LogP contribution in [0, 0.1) is 0 Å². The second-order valence-corrected chi connectivity index (χ2v) is 7.35. The molecule has 0 aliphatic carbocycles. The first kappa shape index (κ1) is 18.3. The van der Waals surface area contributed by atoms with Crippen molar-refractivity contribution in [3.63, 3.8) is 0 Å². The molecule has 0 aromatic heterocycles. The Kier molecular flexibility index (Phi) is 5.43. The van der Waals surface area contributed by atoms with Gasteiger partial charge in [-0.15, -0.1) is 0 Å². The molecule has 1 saturated heterocycles. The lowest BCUT2D eigenvalue weighted by molar-refractivity contribution is 0.0263. The minimum absolute atomic E-state index is 0.0811. The van der Waals surface area contributed by atoms with Gasteiger partial charge in [-0.25, -0.2) is 9.59 Å². The second kappa shape index (κ2) is 6.54. The molecule has 7 nitrogen and oxygen atoms in total. The topological polar surface area (TPSA) is 94.2 Å². The van der Waals surface area contributed by atoms with Gasteiger partial charge in [-0.2, -0.15) is 4.99 Å². The number of carbonyl (C=O) groups is 2. The van der Waals surface area contributed by atoms with Gasteiger partial charge in [-0.05, 0) is 54.4 Å². The number of nitrogens with zero attached hydrogens (tertiary/aromatic N) is 2. The van der Waals surface area contributed by atoms with Gasteiger partial charge in [0.25, 0.3) is 0 Å². The van der Waals surface area contributed by atoms with Crippen LogP contribution in [0.2, 0.25) is 0 Å². The standard InChI is InChI=1S/C15H27N3O4/c1-14(2,3)21-12(19)17-11(16)10-8-7-9-18(10)13(20)22-15(4,5)6/h10H,7-9H2,1-6H3,(H2,16,17,19)/t10-/m0/s1. The summed E-state index contributed by atoms with van der Waals surface area (Å²) in [6, 6.07) is -0.428. The molecule has 0 radical (unpaired) electrons. The highest BCUT2D eigenvalue weighted by atomic mass is 16.6. The van der Waals surface area contributed by atoms with Gasteiger partial charge in [-0.1, -0.05) is 0 Å². The number of likely N-dealkylation sites (tertiary alicyclic amines) is 1. The molecule has 0 saturated carbocycles. The molecule has 1 rings (SSSR count). The second-order valence-electron chi connectivity index (χ2n) is 7.35. The highest BCUT2D eigenvalue weighted by Gasteiger charge is 2.35. The maximum Gasteiger partial charge on any atom is 0.435 e. The third-order valence-corrected chi connectivity index (χ3v) is 2.84. The summed E-state index contributed by atoms with van der Waals surface area (Å²) in [6.45, 7) is 11.2. The van der Waals surface area contributed by atoms with Gasteiger partial charge < -0.3 is 15.2 Å². The summed E-state index contributed by atoms with van der Waals surface area (Å²) in [4.78, 5) is 29.1. The molecule has 1 atom stereocenters. The Hall–Kier alpha value is -1.79. The molecule has 1 heterocycles. The normalized spacial score (nSPS) is 20.0. The van der Waals surface area contributed by atoms with E-state index in [0.29, 0.717) is 13.0 Å². The number of nitrogens with two attached hydrogens (primary N) is 1. The zero-order chi connectivity index (χ0) is 17.1. The molecule has 0 spiro atoms. The van der Waals surface area contributed by atoms with Gasteiger partial charge in [0.05, 0.1) is 6.04 Å². The van der Waals surface area contributed by atoms with Crippen LogP contribution in [0.1, 0.15) is 54.4 Å². The molecule has 0 aromatic carbocycles. The Morgan fingerprint density at radius 1 is 1.09 bits per heavy atom. The maximum atomic E-state index is 12.2. The van der Waals surface area contributed by atoms with E-state index in [9.17, 15) is 9.59 Å². The predicted octanol–water partition coefficient (Wildman–Crippen LogP) is 2.68. The van der Waals surface area contributed by atoms with Crippen LogP contribution < -0.4 is 5.73 Å². The molecule has 0 aromatic rings. The molecule has 0 bridgehead atoms. The highest BCUT2D eigenvalue weighted by molar-refractivity contribution is 5.96. The lowest BCUT2D eigenvalue weighted by Crippen LogP contribution is -2.46. The fourth-order valence-corrected chi connectivity index (χ4v) is 2.08. The number of aliphatic imine (C=N–C) groups is 1. The van der Waals surface area contributed by atoms with Gasteiger partial charge >= 0.3 is 12.2 Å². The first-order valence-corrected chi connectivity index (χ1v) is 7.46. The quantitative estimate of drug-likeness (QED) is 0.593. The van der Waals surface area contributed by atoms with Crippen LogP contribution in [-0.4, -0.2) is 46.7 Å². The Bertz CT molecular complexity index is 460. The van der Waals surface area contributed by atoms with Gasteiger partial charge in [0, 0.05) is 6.54 Å². The maximum absolute atomic E-state index is 12.2. The highest BCUT2D eigenvalue weighted by Crippen LogP contribution is 2.21. The van der Waals surface area contributed by atoms with Crippen molar-refractivity contribution in [1.82, 2.24) is 4.90 Å². The number of carbonyl (C=O) groups excluding carboxylic acids is 2. The van der Waals surface area contributed by atoms with E-state index < -0.39 is 29.4 Å². The van der Waals surface area contributed by atoms with Crippen molar-refractivity contribution in [2.75, 3.05) is 6.54 Å². The zero-order valence-corrected chi connectivity index (χ0v) is 14.3. The Morgan fingerprint density at radius 2 is 1.64 bits per heavy atom. The van der Waals surface area contributed by atoms with Gasteiger partial charge in [-0.3, -0.25) is 4.90 Å². The molecule has 2 N–H and O–H groups in total. The number of amides is 2. The lowest BCUT2D eigenvalue weighted by Gasteiger charge is -2.28. The number of hydrogen-bond acceptors (Lipinski definition) is 4. The molecule has 2 amide bonds. The van der Waals surface area contributed by atoms with Crippen molar-refractivity contribution in [3.05, 3.63) is 0 Å². The summed E-state index contributed by atoms with van der Waals surface area (Å²) in [7, 11) is 0. The summed E-state index contributed by atoms with van der Waals surface area (Å²) in [5.74, 6) is 0.0811. The first-order chi connectivity index (χ1) is 9.89. The largest absolute Gasteiger partial charge is 0.444 e. The Balaban J connectivity index is 2.77. The van der Waals surface area contributed by atoms with Crippen molar-refractivity contribution in [2.45, 2.75) is 71.6 Å². The van der Waals surface area contributed by atoms with Crippen molar-refractivity contribution >= 4 is 18.0 Å². The average molecular weight is 313 g/mol. The molecule has 126 valence electrons. The smallest absolute Gasteiger partial charge is 0.435 e.